The monoisotopic (exact) mass is 117 g/mol. The first kappa shape index (κ1) is 6.02. The molecule has 0 bridgehead atoms. The average Bonchev–Trinajstić information content (AvgIpc) is 1.64. The minimum absolute atomic E-state index is 0.492. The SMILES string of the molecule is CNCC1CC(F)C1. The first-order valence-electron chi connectivity index (χ1n) is 3.11. The topological polar surface area (TPSA) is 12.0 Å². The summed E-state index contributed by atoms with van der Waals surface area (Å²) in [5, 5.41) is 3.02. The summed E-state index contributed by atoms with van der Waals surface area (Å²) in [6.07, 6.45) is 1.06. The molecule has 0 saturated heterocycles. The third-order valence-electron chi connectivity index (χ3n) is 1.67. The third-order valence-corrected chi connectivity index (χ3v) is 1.67. The van der Waals surface area contributed by atoms with Crippen LogP contribution >= 0.6 is 0 Å². The molecule has 8 heavy (non-hydrogen) atoms. The van der Waals surface area contributed by atoms with Gasteiger partial charge in [0.05, 0.1) is 0 Å². The molecular formula is C6H12FN. The molecule has 0 spiro atoms. The zero-order valence-electron chi connectivity index (χ0n) is 5.15. The van der Waals surface area contributed by atoms with Crippen LogP contribution in [0.5, 0.6) is 0 Å². The van der Waals surface area contributed by atoms with E-state index in [0.29, 0.717) is 5.92 Å². The van der Waals surface area contributed by atoms with Gasteiger partial charge in [-0.05, 0) is 32.4 Å². The van der Waals surface area contributed by atoms with Crippen LogP contribution < -0.4 is 5.32 Å². The second-order valence-corrected chi connectivity index (χ2v) is 2.49. The van der Waals surface area contributed by atoms with Gasteiger partial charge in [-0.2, -0.15) is 0 Å². The van der Waals surface area contributed by atoms with Gasteiger partial charge in [-0.15, -0.1) is 0 Å². The Labute approximate surface area is 49.3 Å². The molecule has 1 N–H and O–H groups in total. The van der Waals surface area contributed by atoms with Gasteiger partial charge in [0.2, 0.25) is 0 Å². The fraction of sp³-hybridized carbons (Fsp3) is 1.00. The van der Waals surface area contributed by atoms with Crippen molar-refractivity contribution in [1.82, 2.24) is 5.32 Å². The molecule has 1 aliphatic rings. The van der Waals surface area contributed by atoms with Crippen molar-refractivity contribution in [2.45, 2.75) is 19.0 Å². The van der Waals surface area contributed by atoms with Crippen molar-refractivity contribution in [2.75, 3.05) is 13.6 Å². The molecule has 0 aromatic heterocycles. The molecular weight excluding hydrogens is 105 g/mol. The van der Waals surface area contributed by atoms with Crippen LogP contribution in [0.3, 0.4) is 0 Å². The predicted octanol–water partition coefficient (Wildman–Crippen LogP) is 0.954. The molecule has 0 aliphatic heterocycles. The minimum atomic E-state index is -0.492. The van der Waals surface area contributed by atoms with Gasteiger partial charge in [0.1, 0.15) is 6.17 Å². The number of rotatable bonds is 2. The molecule has 48 valence electrons. The minimum Gasteiger partial charge on any atom is -0.319 e. The smallest absolute Gasteiger partial charge is 0.101 e. The summed E-state index contributed by atoms with van der Waals surface area (Å²) in [4.78, 5) is 0. The van der Waals surface area contributed by atoms with E-state index in [-0.39, 0.29) is 0 Å². The summed E-state index contributed by atoms with van der Waals surface area (Å²) in [5.41, 5.74) is 0. The predicted molar refractivity (Wildman–Crippen MR) is 31.5 cm³/mol. The maximum absolute atomic E-state index is 12.1. The van der Waals surface area contributed by atoms with Gasteiger partial charge >= 0.3 is 0 Å². The highest BCUT2D eigenvalue weighted by Gasteiger charge is 2.27. The van der Waals surface area contributed by atoms with Crippen molar-refractivity contribution in [3.05, 3.63) is 0 Å². The molecule has 0 radical (unpaired) electrons. The highest BCUT2D eigenvalue weighted by atomic mass is 19.1. The Morgan fingerprint density at radius 1 is 1.62 bits per heavy atom. The highest BCUT2D eigenvalue weighted by molar-refractivity contribution is 4.79. The van der Waals surface area contributed by atoms with Gasteiger partial charge in [0, 0.05) is 0 Å². The lowest BCUT2D eigenvalue weighted by Gasteiger charge is -2.28. The average molecular weight is 117 g/mol. The number of halogens is 1. The summed E-state index contributed by atoms with van der Waals surface area (Å²) >= 11 is 0. The number of hydrogen-bond donors (Lipinski definition) is 1. The van der Waals surface area contributed by atoms with E-state index in [1.807, 2.05) is 7.05 Å². The van der Waals surface area contributed by atoms with Crippen LogP contribution in [0.4, 0.5) is 4.39 Å². The Morgan fingerprint density at radius 2 is 2.25 bits per heavy atom. The van der Waals surface area contributed by atoms with Crippen molar-refractivity contribution >= 4 is 0 Å². The quantitative estimate of drug-likeness (QED) is 0.568. The van der Waals surface area contributed by atoms with Crippen LogP contribution in [0.25, 0.3) is 0 Å². The molecule has 0 amide bonds. The van der Waals surface area contributed by atoms with Crippen LogP contribution in [-0.2, 0) is 0 Å². The molecule has 0 aromatic carbocycles. The van der Waals surface area contributed by atoms with Crippen LogP contribution in [0.2, 0.25) is 0 Å². The van der Waals surface area contributed by atoms with Crippen LogP contribution in [0.15, 0.2) is 0 Å². The van der Waals surface area contributed by atoms with Crippen LogP contribution in [0.1, 0.15) is 12.8 Å². The molecule has 0 atom stereocenters. The maximum atomic E-state index is 12.1. The second-order valence-electron chi connectivity index (χ2n) is 2.49. The first-order chi connectivity index (χ1) is 3.83. The molecule has 0 unspecified atom stereocenters. The van der Waals surface area contributed by atoms with Gasteiger partial charge in [0.25, 0.3) is 0 Å². The van der Waals surface area contributed by atoms with Gasteiger partial charge in [-0.1, -0.05) is 0 Å². The number of nitrogens with one attached hydrogen (secondary N) is 1. The zero-order valence-corrected chi connectivity index (χ0v) is 5.15. The molecule has 0 aromatic rings. The summed E-state index contributed by atoms with van der Waals surface area (Å²) in [7, 11) is 1.91. The molecule has 2 heteroatoms. The lowest BCUT2D eigenvalue weighted by molar-refractivity contribution is 0.131. The van der Waals surface area contributed by atoms with Gasteiger partial charge in [-0.25, -0.2) is 4.39 Å². The molecule has 1 saturated carbocycles. The fourth-order valence-corrected chi connectivity index (χ4v) is 1.11. The van der Waals surface area contributed by atoms with E-state index in [4.69, 9.17) is 0 Å². The van der Waals surface area contributed by atoms with Crippen molar-refractivity contribution in [3.8, 4) is 0 Å². The van der Waals surface area contributed by atoms with Crippen molar-refractivity contribution in [1.29, 1.82) is 0 Å². The van der Waals surface area contributed by atoms with E-state index in [1.54, 1.807) is 0 Å². The molecule has 1 aliphatic carbocycles. The van der Waals surface area contributed by atoms with Crippen LogP contribution in [-0.4, -0.2) is 19.8 Å². The summed E-state index contributed by atoms with van der Waals surface area (Å²) in [6.45, 7) is 0.987. The zero-order chi connectivity index (χ0) is 5.98. The third kappa shape index (κ3) is 1.19. The lowest BCUT2D eigenvalue weighted by Crippen LogP contribution is -2.32. The summed E-state index contributed by atoms with van der Waals surface area (Å²) in [6, 6.07) is 0. The standard InChI is InChI=1S/C6H12FN/c1-8-4-5-2-6(7)3-5/h5-6,8H,2-4H2,1H3. The molecule has 1 nitrogen and oxygen atoms in total. The fourth-order valence-electron chi connectivity index (χ4n) is 1.11. The van der Waals surface area contributed by atoms with Gasteiger partial charge < -0.3 is 5.32 Å². The van der Waals surface area contributed by atoms with Crippen molar-refractivity contribution in [2.24, 2.45) is 5.92 Å². The van der Waals surface area contributed by atoms with E-state index in [0.717, 1.165) is 19.4 Å². The Bertz CT molecular complexity index is 66.2. The van der Waals surface area contributed by atoms with Crippen molar-refractivity contribution in [3.63, 3.8) is 0 Å². The first-order valence-corrected chi connectivity index (χ1v) is 3.11. The largest absolute Gasteiger partial charge is 0.319 e. The summed E-state index contributed by atoms with van der Waals surface area (Å²) in [5.74, 6) is 0.620. The highest BCUT2D eigenvalue weighted by Crippen LogP contribution is 2.28. The van der Waals surface area contributed by atoms with E-state index < -0.39 is 6.17 Å². The Kier molecular flexibility index (Phi) is 1.84. The van der Waals surface area contributed by atoms with Gasteiger partial charge in [-0.3, -0.25) is 0 Å². The number of alkyl halides is 1. The van der Waals surface area contributed by atoms with E-state index in [1.165, 1.54) is 0 Å². The maximum Gasteiger partial charge on any atom is 0.101 e. The van der Waals surface area contributed by atoms with E-state index in [9.17, 15) is 4.39 Å². The van der Waals surface area contributed by atoms with Crippen LogP contribution in [0, 0.1) is 5.92 Å². The second kappa shape index (κ2) is 2.44. The lowest BCUT2D eigenvalue weighted by atomic mass is 9.84. The Balaban J connectivity index is 1.98. The Hall–Kier alpha value is -0.110. The molecule has 1 fully saturated rings. The normalized spacial score (nSPS) is 36.8. The summed E-state index contributed by atoms with van der Waals surface area (Å²) < 4.78 is 12.1. The number of hydrogen-bond acceptors (Lipinski definition) is 1. The Morgan fingerprint density at radius 3 is 2.62 bits per heavy atom. The molecule has 0 heterocycles. The van der Waals surface area contributed by atoms with E-state index >= 15 is 0 Å². The van der Waals surface area contributed by atoms with Crippen molar-refractivity contribution < 1.29 is 4.39 Å². The molecule has 1 rings (SSSR count). The van der Waals surface area contributed by atoms with E-state index in [2.05, 4.69) is 5.32 Å². The van der Waals surface area contributed by atoms with Gasteiger partial charge in [0.15, 0.2) is 0 Å².